The van der Waals surface area contributed by atoms with Crippen LogP contribution >= 0.6 is 0 Å². The first-order chi connectivity index (χ1) is 6.04. The first kappa shape index (κ1) is 9.64. The fourth-order valence-corrected chi connectivity index (χ4v) is 0.988. The van der Waals surface area contributed by atoms with E-state index in [9.17, 15) is 13.6 Å². The van der Waals surface area contributed by atoms with Crippen LogP contribution in [0.3, 0.4) is 0 Å². The van der Waals surface area contributed by atoms with Gasteiger partial charge in [-0.2, -0.15) is 0 Å². The van der Waals surface area contributed by atoms with E-state index in [0.29, 0.717) is 0 Å². The average molecular weight is 186 g/mol. The van der Waals surface area contributed by atoms with E-state index < -0.39 is 23.5 Å². The standard InChI is InChI=1S/C9H8F2O2/c1-5(9(12)13)6-3-2-4-7(10)8(6)11/h2-5H,1H3,(H,12,13)/t5-/m1/s1. The molecule has 0 spiro atoms. The molecular weight excluding hydrogens is 178 g/mol. The highest BCUT2D eigenvalue weighted by atomic mass is 19.2. The fourth-order valence-electron chi connectivity index (χ4n) is 0.988. The number of aliphatic carboxylic acids is 1. The smallest absolute Gasteiger partial charge is 0.310 e. The Morgan fingerprint density at radius 2 is 2.08 bits per heavy atom. The van der Waals surface area contributed by atoms with Crippen LogP contribution in [0.2, 0.25) is 0 Å². The second-order valence-electron chi connectivity index (χ2n) is 2.70. The normalized spacial score (nSPS) is 12.5. The van der Waals surface area contributed by atoms with Gasteiger partial charge < -0.3 is 5.11 Å². The summed E-state index contributed by atoms with van der Waals surface area (Å²) in [5, 5.41) is 8.56. The molecule has 1 N–H and O–H groups in total. The summed E-state index contributed by atoms with van der Waals surface area (Å²) in [6.07, 6.45) is 0. The molecule has 0 saturated heterocycles. The SMILES string of the molecule is C[C@@H](C(=O)O)c1cccc(F)c1F. The molecule has 70 valence electrons. The molecule has 2 nitrogen and oxygen atoms in total. The number of halogens is 2. The van der Waals surface area contributed by atoms with E-state index in [1.54, 1.807) is 0 Å². The van der Waals surface area contributed by atoms with Gasteiger partial charge >= 0.3 is 5.97 Å². The number of rotatable bonds is 2. The van der Waals surface area contributed by atoms with Crippen LogP contribution in [-0.4, -0.2) is 11.1 Å². The van der Waals surface area contributed by atoms with Crippen molar-refractivity contribution in [3.05, 3.63) is 35.4 Å². The van der Waals surface area contributed by atoms with Gasteiger partial charge in [-0.05, 0) is 13.0 Å². The zero-order chi connectivity index (χ0) is 10.0. The van der Waals surface area contributed by atoms with Gasteiger partial charge in [-0.1, -0.05) is 12.1 Å². The minimum atomic E-state index is -1.18. The molecule has 4 heteroatoms. The van der Waals surface area contributed by atoms with Crippen LogP contribution in [0.1, 0.15) is 18.4 Å². The summed E-state index contributed by atoms with van der Waals surface area (Å²) >= 11 is 0. The molecule has 0 aliphatic heterocycles. The number of hydrogen-bond donors (Lipinski definition) is 1. The molecule has 0 unspecified atom stereocenters. The van der Waals surface area contributed by atoms with Crippen molar-refractivity contribution in [1.82, 2.24) is 0 Å². The molecule has 0 aliphatic carbocycles. The van der Waals surface area contributed by atoms with Crippen molar-refractivity contribution >= 4 is 5.97 Å². The maximum Gasteiger partial charge on any atom is 0.310 e. The fraction of sp³-hybridized carbons (Fsp3) is 0.222. The van der Waals surface area contributed by atoms with E-state index in [2.05, 4.69) is 0 Å². The minimum Gasteiger partial charge on any atom is -0.481 e. The van der Waals surface area contributed by atoms with Gasteiger partial charge in [0.1, 0.15) is 0 Å². The number of carboxylic acid groups (broad SMARTS) is 1. The van der Waals surface area contributed by atoms with Gasteiger partial charge in [-0.25, -0.2) is 8.78 Å². The summed E-state index contributed by atoms with van der Waals surface area (Å²) in [6.45, 7) is 1.31. The quantitative estimate of drug-likeness (QED) is 0.768. The van der Waals surface area contributed by atoms with E-state index >= 15 is 0 Å². The zero-order valence-electron chi connectivity index (χ0n) is 6.92. The molecule has 0 fully saturated rings. The lowest BCUT2D eigenvalue weighted by molar-refractivity contribution is -0.138. The van der Waals surface area contributed by atoms with Crippen LogP contribution < -0.4 is 0 Å². The Morgan fingerprint density at radius 1 is 1.46 bits per heavy atom. The summed E-state index contributed by atoms with van der Waals surface area (Å²) in [5.41, 5.74) is -0.132. The van der Waals surface area contributed by atoms with Gasteiger partial charge in [0, 0.05) is 5.56 Å². The Labute approximate surface area is 73.8 Å². The second kappa shape index (κ2) is 3.51. The molecule has 0 aliphatic rings. The third-order valence-electron chi connectivity index (χ3n) is 1.82. The first-order valence-electron chi connectivity index (χ1n) is 3.70. The Kier molecular flexibility index (Phi) is 2.60. The minimum absolute atomic E-state index is 0.132. The molecule has 0 radical (unpaired) electrons. The van der Waals surface area contributed by atoms with Crippen LogP contribution in [0.4, 0.5) is 8.78 Å². The highest BCUT2D eigenvalue weighted by molar-refractivity contribution is 5.75. The number of carboxylic acids is 1. The van der Waals surface area contributed by atoms with Crippen molar-refractivity contribution in [1.29, 1.82) is 0 Å². The summed E-state index contributed by atoms with van der Waals surface area (Å²) in [7, 11) is 0. The predicted molar refractivity (Wildman–Crippen MR) is 42.4 cm³/mol. The lowest BCUT2D eigenvalue weighted by Gasteiger charge is -2.07. The van der Waals surface area contributed by atoms with Crippen molar-refractivity contribution in [2.24, 2.45) is 0 Å². The van der Waals surface area contributed by atoms with Gasteiger partial charge in [0.25, 0.3) is 0 Å². The van der Waals surface area contributed by atoms with E-state index in [1.165, 1.54) is 19.1 Å². The van der Waals surface area contributed by atoms with E-state index in [1.807, 2.05) is 0 Å². The van der Waals surface area contributed by atoms with Crippen LogP contribution in [0, 0.1) is 11.6 Å². The monoisotopic (exact) mass is 186 g/mol. The van der Waals surface area contributed by atoms with Crippen LogP contribution in [0.25, 0.3) is 0 Å². The van der Waals surface area contributed by atoms with Crippen molar-refractivity contribution in [2.75, 3.05) is 0 Å². The summed E-state index contributed by atoms with van der Waals surface area (Å²) < 4.78 is 25.6. The molecule has 0 amide bonds. The summed E-state index contributed by atoms with van der Waals surface area (Å²) in [4.78, 5) is 10.5. The molecule has 0 saturated carbocycles. The lowest BCUT2D eigenvalue weighted by atomic mass is 10.0. The third-order valence-corrected chi connectivity index (χ3v) is 1.82. The number of carbonyl (C=O) groups is 1. The maximum absolute atomic E-state index is 13.0. The highest BCUT2D eigenvalue weighted by Gasteiger charge is 2.19. The first-order valence-corrected chi connectivity index (χ1v) is 3.70. The largest absolute Gasteiger partial charge is 0.481 e. The molecular formula is C9H8F2O2. The third kappa shape index (κ3) is 1.83. The van der Waals surface area contributed by atoms with E-state index in [0.717, 1.165) is 6.07 Å². The predicted octanol–water partition coefficient (Wildman–Crippen LogP) is 2.15. The maximum atomic E-state index is 13.0. The molecule has 0 bridgehead atoms. The molecule has 1 aromatic rings. The highest BCUT2D eigenvalue weighted by Crippen LogP contribution is 2.20. The van der Waals surface area contributed by atoms with E-state index in [-0.39, 0.29) is 5.56 Å². The van der Waals surface area contributed by atoms with Gasteiger partial charge in [-0.3, -0.25) is 4.79 Å². The van der Waals surface area contributed by atoms with Gasteiger partial charge in [0.2, 0.25) is 0 Å². The van der Waals surface area contributed by atoms with Crippen molar-refractivity contribution < 1.29 is 18.7 Å². The Morgan fingerprint density at radius 3 is 2.62 bits per heavy atom. The van der Waals surface area contributed by atoms with Crippen LogP contribution in [-0.2, 0) is 4.79 Å². The average Bonchev–Trinajstić information content (AvgIpc) is 2.08. The summed E-state index contributed by atoms with van der Waals surface area (Å²) in [6, 6.07) is 3.50. The molecule has 1 aromatic carbocycles. The van der Waals surface area contributed by atoms with Gasteiger partial charge in [0.05, 0.1) is 5.92 Å². The van der Waals surface area contributed by atoms with Crippen LogP contribution in [0.15, 0.2) is 18.2 Å². The summed E-state index contributed by atoms with van der Waals surface area (Å²) in [5.74, 6) is -4.32. The Bertz CT molecular complexity index is 336. The molecule has 1 atom stereocenters. The molecule has 0 aromatic heterocycles. The molecule has 13 heavy (non-hydrogen) atoms. The van der Waals surface area contributed by atoms with Crippen molar-refractivity contribution in [2.45, 2.75) is 12.8 Å². The van der Waals surface area contributed by atoms with Gasteiger partial charge in [0.15, 0.2) is 11.6 Å². The van der Waals surface area contributed by atoms with Crippen molar-refractivity contribution in [3.63, 3.8) is 0 Å². The second-order valence-corrected chi connectivity index (χ2v) is 2.70. The topological polar surface area (TPSA) is 37.3 Å². The zero-order valence-corrected chi connectivity index (χ0v) is 6.92. The Hall–Kier alpha value is -1.45. The number of benzene rings is 1. The lowest BCUT2D eigenvalue weighted by Crippen LogP contribution is -2.10. The van der Waals surface area contributed by atoms with Crippen molar-refractivity contribution in [3.8, 4) is 0 Å². The van der Waals surface area contributed by atoms with Gasteiger partial charge in [-0.15, -0.1) is 0 Å². The number of hydrogen-bond acceptors (Lipinski definition) is 1. The molecule has 0 heterocycles. The molecule has 1 rings (SSSR count). The van der Waals surface area contributed by atoms with E-state index in [4.69, 9.17) is 5.11 Å². The van der Waals surface area contributed by atoms with Crippen LogP contribution in [0.5, 0.6) is 0 Å². The Balaban J connectivity index is 3.15.